The van der Waals surface area contributed by atoms with Gasteiger partial charge in [0.1, 0.15) is 5.75 Å². The molecule has 0 atom stereocenters. The summed E-state index contributed by atoms with van der Waals surface area (Å²) in [6.07, 6.45) is 0. The van der Waals surface area contributed by atoms with Gasteiger partial charge in [-0.2, -0.15) is 8.78 Å². The molecule has 0 aliphatic heterocycles. The predicted molar refractivity (Wildman–Crippen MR) is 117 cm³/mol. The van der Waals surface area contributed by atoms with Crippen molar-refractivity contribution in [2.24, 2.45) is 0 Å². The quantitative estimate of drug-likeness (QED) is 0.405. The van der Waals surface area contributed by atoms with Crippen LogP contribution in [0.4, 0.5) is 19.6 Å². The summed E-state index contributed by atoms with van der Waals surface area (Å²) in [5.74, 6) is -1.55. The van der Waals surface area contributed by atoms with Gasteiger partial charge in [-0.1, -0.05) is 47.0 Å². The fourth-order valence-electron chi connectivity index (χ4n) is 2.28. The lowest BCUT2D eigenvalue weighted by Crippen LogP contribution is -2.24. The van der Waals surface area contributed by atoms with Gasteiger partial charge in [-0.25, -0.2) is 0 Å². The highest BCUT2D eigenvalue weighted by Crippen LogP contribution is 2.30. The third-order valence-corrected chi connectivity index (χ3v) is 6.41. The number of carbonyl (C=O) groups is 1. The van der Waals surface area contributed by atoms with Gasteiger partial charge in [0, 0.05) is 17.1 Å². The molecule has 1 aromatic heterocycles. The summed E-state index contributed by atoms with van der Waals surface area (Å²) in [7, 11) is 1.61. The number of amides is 1. The second kappa shape index (κ2) is 11.1. The lowest BCUT2D eigenvalue weighted by Gasteiger charge is -2.05. The number of hydrogen-bond donors (Lipinski definition) is 2. The molecule has 0 saturated carbocycles. The van der Waals surface area contributed by atoms with Gasteiger partial charge in [0.05, 0.1) is 12.9 Å². The third-order valence-electron chi connectivity index (χ3n) is 3.71. The van der Waals surface area contributed by atoms with Crippen molar-refractivity contribution in [3.05, 3.63) is 54.1 Å². The summed E-state index contributed by atoms with van der Waals surface area (Å²) in [5.41, 5.74) is 1.70. The first kappa shape index (κ1) is 22.3. The molecular weight excluding hydrogens is 450 g/mol. The van der Waals surface area contributed by atoms with Gasteiger partial charge >= 0.3 is 0 Å². The van der Waals surface area contributed by atoms with E-state index in [4.69, 9.17) is 4.74 Å². The fourth-order valence-corrected chi connectivity index (χ4v) is 4.39. The average molecular weight is 469 g/mol. The van der Waals surface area contributed by atoms with Crippen LogP contribution in [0.2, 0.25) is 0 Å². The zero-order valence-electron chi connectivity index (χ0n) is 15.8. The number of aromatic nitrogens is 2. The summed E-state index contributed by atoms with van der Waals surface area (Å²) >= 11 is 3.11. The Labute approximate surface area is 184 Å². The Morgan fingerprint density at radius 1 is 1.13 bits per heavy atom. The van der Waals surface area contributed by atoms with E-state index in [0.29, 0.717) is 32.7 Å². The number of methoxy groups -OCH3 is 1. The van der Waals surface area contributed by atoms with E-state index in [0.717, 1.165) is 17.0 Å². The molecule has 0 aliphatic carbocycles. The minimum absolute atomic E-state index is 0.104. The first-order valence-corrected chi connectivity index (χ1v) is 11.4. The molecule has 2 aromatic carbocycles. The fraction of sp³-hybridized carbons (Fsp3) is 0.211. The number of thioether (sulfide) groups is 2. The SMILES string of the molecule is COc1ccc(CNC(=O)CSc2nnc(Nc3ccc(SC(F)F)cc3)s2)cc1. The van der Waals surface area contributed by atoms with Crippen molar-refractivity contribution < 1.29 is 18.3 Å². The van der Waals surface area contributed by atoms with Gasteiger partial charge in [-0.05, 0) is 42.0 Å². The van der Waals surface area contributed by atoms with Crippen molar-refractivity contribution in [2.45, 2.75) is 21.5 Å². The van der Waals surface area contributed by atoms with Crippen LogP contribution in [-0.4, -0.2) is 34.7 Å². The summed E-state index contributed by atoms with van der Waals surface area (Å²) in [4.78, 5) is 12.5. The van der Waals surface area contributed by atoms with Crippen LogP contribution in [-0.2, 0) is 11.3 Å². The lowest BCUT2D eigenvalue weighted by atomic mass is 10.2. The average Bonchev–Trinajstić information content (AvgIpc) is 3.19. The molecule has 3 rings (SSSR count). The van der Waals surface area contributed by atoms with Gasteiger partial charge in [0.15, 0.2) is 4.34 Å². The zero-order chi connectivity index (χ0) is 21.3. The molecule has 0 fully saturated rings. The first-order valence-electron chi connectivity index (χ1n) is 8.69. The van der Waals surface area contributed by atoms with Crippen molar-refractivity contribution in [3.8, 4) is 5.75 Å². The molecule has 3 aromatic rings. The van der Waals surface area contributed by atoms with Crippen molar-refractivity contribution in [1.82, 2.24) is 15.5 Å². The summed E-state index contributed by atoms with van der Waals surface area (Å²) in [6.45, 7) is 0.437. The van der Waals surface area contributed by atoms with Crippen LogP contribution >= 0.6 is 34.9 Å². The molecule has 1 amide bonds. The number of nitrogens with zero attached hydrogens (tertiary/aromatic N) is 2. The molecule has 0 unspecified atom stereocenters. The number of rotatable bonds is 10. The van der Waals surface area contributed by atoms with E-state index >= 15 is 0 Å². The standard InChI is InChI=1S/C19H18F2N4O2S3/c1-27-14-6-2-12(3-7-14)10-22-16(26)11-28-19-25-24-18(30-19)23-13-4-8-15(9-5-13)29-17(20)21/h2-9,17H,10-11H2,1H3,(H,22,26)(H,23,24). The van der Waals surface area contributed by atoms with Gasteiger partial charge in [-0.3, -0.25) is 4.79 Å². The molecule has 1 heterocycles. The van der Waals surface area contributed by atoms with Crippen molar-refractivity contribution in [2.75, 3.05) is 18.2 Å². The minimum Gasteiger partial charge on any atom is -0.497 e. The van der Waals surface area contributed by atoms with E-state index in [1.165, 1.54) is 23.1 Å². The topological polar surface area (TPSA) is 76.1 Å². The van der Waals surface area contributed by atoms with E-state index in [1.54, 1.807) is 31.4 Å². The van der Waals surface area contributed by atoms with Gasteiger partial charge in [0.2, 0.25) is 11.0 Å². The normalized spacial score (nSPS) is 10.8. The Hall–Kier alpha value is -2.37. The van der Waals surface area contributed by atoms with Crippen LogP contribution in [0.5, 0.6) is 5.75 Å². The largest absolute Gasteiger partial charge is 0.497 e. The minimum atomic E-state index is -2.44. The third kappa shape index (κ3) is 7.15. The van der Waals surface area contributed by atoms with Crippen LogP contribution < -0.4 is 15.4 Å². The maximum absolute atomic E-state index is 12.4. The zero-order valence-corrected chi connectivity index (χ0v) is 18.3. The number of anilines is 2. The van der Waals surface area contributed by atoms with Crippen molar-refractivity contribution >= 4 is 51.6 Å². The second-order valence-corrected chi connectivity index (χ2v) is 9.08. The highest BCUT2D eigenvalue weighted by molar-refractivity contribution is 8.01. The summed E-state index contributed by atoms with van der Waals surface area (Å²) < 4.78 is 30.5. The number of ether oxygens (including phenoxy) is 1. The highest BCUT2D eigenvalue weighted by atomic mass is 32.2. The Morgan fingerprint density at radius 3 is 2.53 bits per heavy atom. The van der Waals surface area contributed by atoms with Gasteiger partial charge in [0.25, 0.3) is 5.76 Å². The predicted octanol–water partition coefficient (Wildman–Crippen LogP) is 5.01. The Morgan fingerprint density at radius 2 is 1.87 bits per heavy atom. The van der Waals surface area contributed by atoms with Crippen LogP contribution in [0.15, 0.2) is 57.8 Å². The van der Waals surface area contributed by atoms with E-state index in [-0.39, 0.29) is 11.7 Å². The smallest absolute Gasteiger partial charge is 0.288 e. The Bertz CT molecular complexity index is 953. The molecule has 30 heavy (non-hydrogen) atoms. The molecule has 11 heteroatoms. The molecule has 158 valence electrons. The van der Waals surface area contributed by atoms with Crippen molar-refractivity contribution in [1.29, 1.82) is 0 Å². The Balaban J connectivity index is 1.42. The second-order valence-electron chi connectivity index (χ2n) is 5.81. The van der Waals surface area contributed by atoms with E-state index in [9.17, 15) is 13.6 Å². The number of alkyl halides is 2. The Kier molecular flexibility index (Phi) is 8.29. The summed E-state index contributed by atoms with van der Waals surface area (Å²) in [5, 5.41) is 14.6. The van der Waals surface area contributed by atoms with Crippen LogP contribution in [0, 0.1) is 0 Å². The van der Waals surface area contributed by atoms with E-state index < -0.39 is 5.76 Å². The number of benzene rings is 2. The van der Waals surface area contributed by atoms with Crippen molar-refractivity contribution in [3.63, 3.8) is 0 Å². The van der Waals surface area contributed by atoms with Crippen LogP contribution in [0.3, 0.4) is 0 Å². The molecule has 2 N–H and O–H groups in total. The monoisotopic (exact) mass is 468 g/mol. The number of halogens is 2. The number of hydrogen-bond acceptors (Lipinski definition) is 8. The molecule has 0 radical (unpaired) electrons. The first-order chi connectivity index (χ1) is 14.5. The number of carbonyl (C=O) groups excluding carboxylic acids is 1. The highest BCUT2D eigenvalue weighted by Gasteiger charge is 2.09. The maximum atomic E-state index is 12.4. The summed E-state index contributed by atoms with van der Waals surface area (Å²) in [6, 6.07) is 14.1. The molecule has 0 aliphatic rings. The maximum Gasteiger partial charge on any atom is 0.288 e. The van der Waals surface area contributed by atoms with Gasteiger partial charge < -0.3 is 15.4 Å². The molecule has 6 nitrogen and oxygen atoms in total. The van der Waals surface area contributed by atoms with Gasteiger partial charge in [-0.15, -0.1) is 10.2 Å². The number of nitrogens with one attached hydrogen (secondary N) is 2. The molecular formula is C19H18F2N4O2S3. The molecule has 0 saturated heterocycles. The molecule has 0 bridgehead atoms. The molecule has 0 spiro atoms. The van der Waals surface area contributed by atoms with E-state index in [2.05, 4.69) is 20.8 Å². The van der Waals surface area contributed by atoms with E-state index in [1.807, 2.05) is 24.3 Å². The van der Waals surface area contributed by atoms with Crippen LogP contribution in [0.1, 0.15) is 5.56 Å². The van der Waals surface area contributed by atoms with Crippen LogP contribution in [0.25, 0.3) is 0 Å². The lowest BCUT2D eigenvalue weighted by molar-refractivity contribution is -0.118.